The Balaban J connectivity index is 2.11. The van der Waals surface area contributed by atoms with E-state index in [4.69, 9.17) is 16.3 Å². The van der Waals surface area contributed by atoms with E-state index < -0.39 is 42.3 Å². The summed E-state index contributed by atoms with van der Waals surface area (Å²) in [5, 5.41) is 9.90. The molecule has 2 aromatic rings. The SMILES string of the molecule is O=C(O)C1(c2cc(Cl)c(OCCC(F)(F)F)c(-c3ccc(C(F)(F)F)cc3)c2)CCCCC1. The standard InChI is InChI=1S/C23H21ClF6O3/c24-18-13-16(21(20(31)32)8-2-1-3-9-21)12-17(19(18)33-11-10-22(25,26)27)14-4-6-15(7-5-14)23(28,29)30/h4-7,12-13H,1-3,8-11H2,(H,31,32). The third-order valence-corrected chi connectivity index (χ3v) is 6.15. The zero-order valence-electron chi connectivity index (χ0n) is 17.3. The van der Waals surface area contributed by atoms with Gasteiger partial charge in [0.15, 0.2) is 0 Å². The summed E-state index contributed by atoms with van der Waals surface area (Å²) in [4.78, 5) is 12.2. The lowest BCUT2D eigenvalue weighted by atomic mass is 9.69. The summed E-state index contributed by atoms with van der Waals surface area (Å²) in [6.45, 7) is -0.750. The van der Waals surface area contributed by atoms with E-state index >= 15 is 0 Å². The molecule has 3 nitrogen and oxygen atoms in total. The number of carboxylic acids is 1. The van der Waals surface area contributed by atoms with Crippen molar-refractivity contribution in [3.05, 3.63) is 52.5 Å². The van der Waals surface area contributed by atoms with E-state index in [0.29, 0.717) is 31.2 Å². The normalized spacial score (nSPS) is 16.5. The number of rotatable bonds is 6. The van der Waals surface area contributed by atoms with Gasteiger partial charge >= 0.3 is 18.3 Å². The van der Waals surface area contributed by atoms with E-state index in [1.54, 1.807) is 0 Å². The summed E-state index contributed by atoms with van der Waals surface area (Å²) in [5.74, 6) is -1.19. The van der Waals surface area contributed by atoms with Gasteiger partial charge in [-0.25, -0.2) is 0 Å². The van der Waals surface area contributed by atoms with E-state index in [2.05, 4.69) is 0 Å². The molecule has 1 fully saturated rings. The maximum Gasteiger partial charge on any atom is 0.416 e. The van der Waals surface area contributed by atoms with Gasteiger partial charge in [0, 0.05) is 5.56 Å². The molecule has 33 heavy (non-hydrogen) atoms. The fraction of sp³-hybridized carbons (Fsp3) is 0.435. The van der Waals surface area contributed by atoms with Crippen molar-refractivity contribution in [2.24, 2.45) is 0 Å². The summed E-state index contributed by atoms with van der Waals surface area (Å²) in [6.07, 6.45) is -7.40. The Bertz CT molecular complexity index is 993. The predicted octanol–water partition coefficient (Wildman–Crippen LogP) is 7.64. The molecule has 1 aliphatic rings. The van der Waals surface area contributed by atoms with Crippen molar-refractivity contribution in [3.63, 3.8) is 0 Å². The highest BCUT2D eigenvalue weighted by Crippen LogP contribution is 2.46. The second kappa shape index (κ2) is 9.44. The zero-order valence-corrected chi connectivity index (χ0v) is 18.1. The molecule has 0 heterocycles. The molecule has 0 aromatic heterocycles. The van der Waals surface area contributed by atoms with Gasteiger partial charge in [0.25, 0.3) is 0 Å². The number of halogens is 7. The average molecular weight is 495 g/mol. The first-order valence-electron chi connectivity index (χ1n) is 10.3. The Hall–Kier alpha value is -2.42. The number of alkyl halides is 6. The van der Waals surface area contributed by atoms with Gasteiger partial charge in [0.2, 0.25) is 0 Å². The number of hydrogen-bond acceptors (Lipinski definition) is 2. The molecule has 1 saturated carbocycles. The Morgan fingerprint density at radius 1 is 1.00 bits per heavy atom. The highest BCUT2D eigenvalue weighted by atomic mass is 35.5. The van der Waals surface area contributed by atoms with Gasteiger partial charge in [0.05, 0.1) is 29.0 Å². The van der Waals surface area contributed by atoms with Crippen LogP contribution < -0.4 is 4.74 Å². The van der Waals surface area contributed by atoms with Crippen LogP contribution in [0.3, 0.4) is 0 Å². The summed E-state index contributed by atoms with van der Waals surface area (Å²) in [5.41, 5.74) is -1.45. The molecular weight excluding hydrogens is 474 g/mol. The molecular formula is C23H21ClF6O3. The van der Waals surface area contributed by atoms with Gasteiger partial charge in [-0.2, -0.15) is 26.3 Å². The van der Waals surface area contributed by atoms with Crippen molar-refractivity contribution in [2.75, 3.05) is 6.61 Å². The van der Waals surface area contributed by atoms with Crippen LogP contribution in [0.1, 0.15) is 49.7 Å². The Morgan fingerprint density at radius 2 is 1.61 bits per heavy atom. The zero-order chi connectivity index (χ0) is 24.4. The average Bonchev–Trinajstić information content (AvgIpc) is 2.73. The summed E-state index contributed by atoms with van der Waals surface area (Å²) in [7, 11) is 0. The fourth-order valence-corrected chi connectivity index (χ4v) is 4.39. The second-order valence-corrected chi connectivity index (χ2v) is 8.48. The number of aliphatic carboxylic acids is 1. The highest BCUT2D eigenvalue weighted by molar-refractivity contribution is 6.32. The molecule has 0 unspecified atom stereocenters. The molecule has 0 radical (unpaired) electrons. The minimum atomic E-state index is -4.57. The number of ether oxygens (including phenoxy) is 1. The van der Waals surface area contributed by atoms with Crippen LogP contribution >= 0.6 is 11.6 Å². The number of carbonyl (C=O) groups is 1. The lowest BCUT2D eigenvalue weighted by molar-refractivity contribution is -0.145. The molecule has 2 aromatic carbocycles. The van der Waals surface area contributed by atoms with Gasteiger partial charge in [-0.1, -0.05) is 43.0 Å². The van der Waals surface area contributed by atoms with Crippen molar-refractivity contribution in [2.45, 2.75) is 56.3 Å². The molecule has 10 heteroatoms. The monoisotopic (exact) mass is 494 g/mol. The molecule has 0 spiro atoms. The Labute approximate surface area is 191 Å². The van der Waals surface area contributed by atoms with Crippen LogP contribution in [0.5, 0.6) is 5.75 Å². The first-order chi connectivity index (χ1) is 15.3. The van der Waals surface area contributed by atoms with Gasteiger partial charge < -0.3 is 9.84 Å². The molecule has 1 aliphatic carbocycles. The maximum atomic E-state index is 13.0. The number of benzene rings is 2. The van der Waals surface area contributed by atoms with Crippen molar-refractivity contribution in [3.8, 4) is 16.9 Å². The predicted molar refractivity (Wildman–Crippen MR) is 110 cm³/mol. The molecule has 0 amide bonds. The van der Waals surface area contributed by atoms with E-state index in [9.17, 15) is 36.2 Å². The number of carboxylic acid groups (broad SMARTS) is 1. The quantitative estimate of drug-likeness (QED) is 0.420. The van der Waals surface area contributed by atoms with Crippen molar-refractivity contribution >= 4 is 17.6 Å². The van der Waals surface area contributed by atoms with Crippen molar-refractivity contribution in [1.29, 1.82) is 0 Å². The van der Waals surface area contributed by atoms with E-state index in [1.165, 1.54) is 12.1 Å². The van der Waals surface area contributed by atoms with Crippen LogP contribution in [0, 0.1) is 0 Å². The van der Waals surface area contributed by atoms with Crippen molar-refractivity contribution < 1.29 is 41.0 Å². The maximum absolute atomic E-state index is 13.0. The topological polar surface area (TPSA) is 46.5 Å². The highest BCUT2D eigenvalue weighted by Gasteiger charge is 2.42. The van der Waals surface area contributed by atoms with Gasteiger partial charge in [0.1, 0.15) is 5.75 Å². The van der Waals surface area contributed by atoms with Gasteiger partial charge in [-0.3, -0.25) is 4.79 Å². The summed E-state index contributed by atoms with van der Waals surface area (Å²) >= 11 is 6.35. The third-order valence-electron chi connectivity index (χ3n) is 5.87. The molecule has 0 aliphatic heterocycles. The van der Waals surface area contributed by atoms with Crippen LogP contribution in [0.15, 0.2) is 36.4 Å². The van der Waals surface area contributed by atoms with Crippen LogP contribution in [-0.4, -0.2) is 23.9 Å². The molecule has 3 rings (SSSR count). The molecule has 0 atom stereocenters. The largest absolute Gasteiger partial charge is 0.491 e. The summed E-state index contributed by atoms with van der Waals surface area (Å²) < 4.78 is 82.0. The van der Waals surface area contributed by atoms with E-state index in [1.807, 2.05) is 0 Å². The first kappa shape index (κ1) is 25.2. The van der Waals surface area contributed by atoms with Crippen LogP contribution in [-0.2, 0) is 16.4 Å². The lowest BCUT2D eigenvalue weighted by Crippen LogP contribution is -2.37. The first-order valence-corrected chi connectivity index (χ1v) is 10.7. The van der Waals surface area contributed by atoms with Gasteiger partial charge in [-0.15, -0.1) is 0 Å². The van der Waals surface area contributed by atoms with Crippen LogP contribution in [0.25, 0.3) is 11.1 Å². The minimum Gasteiger partial charge on any atom is -0.491 e. The lowest BCUT2D eigenvalue weighted by Gasteiger charge is -2.34. The van der Waals surface area contributed by atoms with Crippen LogP contribution in [0.2, 0.25) is 5.02 Å². The van der Waals surface area contributed by atoms with Crippen LogP contribution in [0.4, 0.5) is 26.3 Å². The van der Waals surface area contributed by atoms with Crippen molar-refractivity contribution in [1.82, 2.24) is 0 Å². The summed E-state index contributed by atoms with van der Waals surface area (Å²) in [6, 6.07) is 6.81. The fourth-order valence-electron chi connectivity index (χ4n) is 4.12. The third kappa shape index (κ3) is 5.75. The second-order valence-electron chi connectivity index (χ2n) is 8.07. The molecule has 0 bridgehead atoms. The number of hydrogen-bond donors (Lipinski definition) is 1. The minimum absolute atomic E-state index is 0.101. The van der Waals surface area contributed by atoms with E-state index in [-0.39, 0.29) is 21.9 Å². The van der Waals surface area contributed by atoms with Gasteiger partial charge in [-0.05, 0) is 48.2 Å². The Kier molecular flexibility index (Phi) is 7.21. The smallest absolute Gasteiger partial charge is 0.416 e. The van der Waals surface area contributed by atoms with E-state index in [0.717, 1.165) is 30.7 Å². The Morgan fingerprint density at radius 3 is 2.12 bits per heavy atom. The molecule has 0 saturated heterocycles. The molecule has 180 valence electrons. The molecule has 1 N–H and O–H groups in total.